The first kappa shape index (κ1) is 17.7. The van der Waals surface area contributed by atoms with E-state index in [-0.39, 0.29) is 0 Å². The maximum absolute atomic E-state index is 3.89. The molecule has 0 atom stereocenters. The monoisotopic (exact) mass is 290 g/mol. The van der Waals surface area contributed by atoms with Crippen LogP contribution in [0.25, 0.3) is 5.57 Å². The summed E-state index contributed by atoms with van der Waals surface area (Å²) in [6.45, 7) is 12.2. The molecule has 1 aromatic carbocycles. The molecule has 0 aromatic heterocycles. The predicted octanol–water partition coefficient (Wildman–Crippen LogP) is 6.59. The average molecular weight is 290 g/mol. The molecule has 0 amide bonds. The van der Waals surface area contributed by atoms with Crippen LogP contribution in [0.15, 0.2) is 90.6 Å². The van der Waals surface area contributed by atoms with E-state index >= 15 is 0 Å². The van der Waals surface area contributed by atoms with E-state index in [4.69, 9.17) is 0 Å². The van der Waals surface area contributed by atoms with Crippen LogP contribution in [0.4, 0.5) is 0 Å². The van der Waals surface area contributed by atoms with E-state index in [9.17, 15) is 0 Å². The van der Waals surface area contributed by atoms with E-state index in [1.165, 1.54) is 22.3 Å². The molecule has 0 aliphatic carbocycles. The molecule has 0 saturated carbocycles. The summed E-state index contributed by atoms with van der Waals surface area (Å²) in [5, 5.41) is 0. The Morgan fingerprint density at radius 2 is 1.73 bits per heavy atom. The van der Waals surface area contributed by atoms with Crippen LogP contribution in [-0.2, 0) is 0 Å². The van der Waals surface area contributed by atoms with Crippen molar-refractivity contribution >= 4 is 5.57 Å². The summed E-state index contributed by atoms with van der Waals surface area (Å²) < 4.78 is 0. The summed E-state index contributed by atoms with van der Waals surface area (Å²) in [6.07, 6.45) is 16.5. The minimum Gasteiger partial charge on any atom is -0.0984 e. The van der Waals surface area contributed by atoms with Crippen LogP contribution in [0.1, 0.15) is 31.9 Å². The number of aryl methyl sites for hydroxylation is 1. The second kappa shape index (κ2) is 9.57. The van der Waals surface area contributed by atoms with Crippen molar-refractivity contribution < 1.29 is 0 Å². The lowest BCUT2D eigenvalue weighted by Crippen LogP contribution is -1.84. The van der Waals surface area contributed by atoms with Crippen molar-refractivity contribution in [3.05, 3.63) is 102 Å². The highest BCUT2D eigenvalue weighted by Crippen LogP contribution is 2.19. The van der Waals surface area contributed by atoms with E-state index in [1.807, 2.05) is 32.1 Å². The van der Waals surface area contributed by atoms with E-state index in [0.29, 0.717) is 0 Å². The standard InChI is InChI=1S/C22H26/c1-6-9-15-20(7-2)21(8-3)16-12-14-19(5)22-17-11-10-13-18(22)4/h6-17H,2H2,1,3-5H3/b9-6-,16-12-,19-14+,20-15+,21-8+. The molecule has 0 aliphatic rings. The van der Waals surface area contributed by atoms with Gasteiger partial charge in [-0.05, 0) is 55.5 Å². The van der Waals surface area contributed by atoms with Gasteiger partial charge in [0.1, 0.15) is 0 Å². The Bertz CT molecular complexity index is 646. The molecule has 0 radical (unpaired) electrons. The first-order valence-corrected chi connectivity index (χ1v) is 7.67. The van der Waals surface area contributed by atoms with Gasteiger partial charge in [0.15, 0.2) is 0 Å². The van der Waals surface area contributed by atoms with Crippen LogP contribution in [0.3, 0.4) is 0 Å². The van der Waals surface area contributed by atoms with Crippen LogP contribution in [-0.4, -0.2) is 0 Å². The molecule has 0 spiro atoms. The lowest BCUT2D eigenvalue weighted by atomic mass is 10.0. The van der Waals surface area contributed by atoms with E-state index in [2.05, 4.69) is 75.1 Å². The summed E-state index contributed by atoms with van der Waals surface area (Å²) >= 11 is 0. The predicted molar refractivity (Wildman–Crippen MR) is 101 cm³/mol. The minimum atomic E-state index is 1.12. The van der Waals surface area contributed by atoms with Crippen LogP contribution in [0.5, 0.6) is 0 Å². The molecule has 0 heteroatoms. The molecular formula is C22H26. The van der Waals surface area contributed by atoms with Gasteiger partial charge in [-0.2, -0.15) is 0 Å². The van der Waals surface area contributed by atoms with Crippen molar-refractivity contribution in [1.82, 2.24) is 0 Å². The van der Waals surface area contributed by atoms with Gasteiger partial charge in [-0.3, -0.25) is 0 Å². The summed E-state index contributed by atoms with van der Waals surface area (Å²) in [4.78, 5) is 0. The van der Waals surface area contributed by atoms with Crippen molar-refractivity contribution in [2.75, 3.05) is 0 Å². The highest BCUT2D eigenvalue weighted by molar-refractivity contribution is 5.68. The maximum Gasteiger partial charge on any atom is -0.0193 e. The Morgan fingerprint density at radius 1 is 1.00 bits per heavy atom. The molecule has 1 rings (SSSR count). The van der Waals surface area contributed by atoms with Gasteiger partial charge in [0.25, 0.3) is 0 Å². The fourth-order valence-corrected chi connectivity index (χ4v) is 2.24. The highest BCUT2D eigenvalue weighted by Gasteiger charge is 1.98. The van der Waals surface area contributed by atoms with E-state index < -0.39 is 0 Å². The normalized spacial score (nSPS) is 14.1. The molecule has 0 nitrogen and oxygen atoms in total. The molecule has 22 heavy (non-hydrogen) atoms. The smallest absolute Gasteiger partial charge is 0.0193 e. The first-order chi connectivity index (χ1) is 10.6. The molecule has 0 fully saturated rings. The molecule has 0 bridgehead atoms. The number of rotatable bonds is 6. The summed E-state index contributed by atoms with van der Waals surface area (Å²) in [6, 6.07) is 8.45. The number of hydrogen-bond donors (Lipinski definition) is 0. The fourth-order valence-electron chi connectivity index (χ4n) is 2.24. The molecule has 0 aliphatic heterocycles. The molecule has 0 unspecified atom stereocenters. The lowest BCUT2D eigenvalue weighted by molar-refractivity contribution is 1.41. The second-order valence-electron chi connectivity index (χ2n) is 5.12. The largest absolute Gasteiger partial charge is 0.0984 e. The van der Waals surface area contributed by atoms with E-state index in [1.54, 1.807) is 0 Å². The quantitative estimate of drug-likeness (QED) is 0.518. The third kappa shape index (κ3) is 5.21. The second-order valence-corrected chi connectivity index (χ2v) is 5.12. The Balaban J connectivity index is 2.97. The SMILES string of the molecule is C=CC(=C\C=C/C)/C(/C=C\C=C(/C)c1ccccc1C)=C/C. The van der Waals surface area contributed by atoms with Crippen LogP contribution < -0.4 is 0 Å². The number of benzene rings is 1. The van der Waals surface area contributed by atoms with Crippen LogP contribution in [0, 0.1) is 6.92 Å². The zero-order valence-corrected chi connectivity index (χ0v) is 14.1. The molecule has 1 aromatic rings. The Hall–Kier alpha value is -2.34. The molecule has 0 N–H and O–H groups in total. The zero-order chi connectivity index (χ0) is 16.4. The Kier molecular flexibility index (Phi) is 7.70. The van der Waals surface area contributed by atoms with Crippen molar-refractivity contribution in [2.24, 2.45) is 0 Å². The maximum atomic E-state index is 3.89. The van der Waals surface area contributed by atoms with Crippen LogP contribution in [0.2, 0.25) is 0 Å². The summed E-state index contributed by atoms with van der Waals surface area (Å²) in [7, 11) is 0. The average Bonchev–Trinajstić information content (AvgIpc) is 2.53. The molecule has 0 heterocycles. The third-order valence-electron chi connectivity index (χ3n) is 3.52. The van der Waals surface area contributed by atoms with Crippen molar-refractivity contribution in [3.8, 4) is 0 Å². The lowest BCUT2D eigenvalue weighted by Gasteiger charge is -2.05. The van der Waals surface area contributed by atoms with Gasteiger partial charge in [0, 0.05) is 0 Å². The van der Waals surface area contributed by atoms with Crippen molar-refractivity contribution in [1.29, 1.82) is 0 Å². The van der Waals surface area contributed by atoms with Crippen LogP contribution >= 0.6 is 0 Å². The van der Waals surface area contributed by atoms with Gasteiger partial charge >= 0.3 is 0 Å². The van der Waals surface area contributed by atoms with Crippen molar-refractivity contribution in [2.45, 2.75) is 27.7 Å². The van der Waals surface area contributed by atoms with E-state index in [0.717, 1.165) is 5.57 Å². The number of hydrogen-bond acceptors (Lipinski definition) is 0. The Morgan fingerprint density at radius 3 is 2.32 bits per heavy atom. The van der Waals surface area contributed by atoms with Crippen molar-refractivity contribution in [3.63, 3.8) is 0 Å². The summed E-state index contributed by atoms with van der Waals surface area (Å²) in [5.41, 5.74) is 6.15. The fraction of sp³-hybridized carbons (Fsp3) is 0.182. The highest BCUT2D eigenvalue weighted by atomic mass is 14.0. The zero-order valence-electron chi connectivity index (χ0n) is 14.1. The van der Waals surface area contributed by atoms with Gasteiger partial charge in [0.05, 0.1) is 0 Å². The molecule has 0 saturated heterocycles. The number of allylic oxidation sites excluding steroid dienone is 11. The third-order valence-corrected chi connectivity index (χ3v) is 3.52. The van der Waals surface area contributed by atoms with Gasteiger partial charge in [-0.25, -0.2) is 0 Å². The molecular weight excluding hydrogens is 264 g/mol. The van der Waals surface area contributed by atoms with Gasteiger partial charge in [-0.15, -0.1) is 0 Å². The first-order valence-electron chi connectivity index (χ1n) is 7.67. The topological polar surface area (TPSA) is 0 Å². The minimum absolute atomic E-state index is 1.12. The van der Waals surface area contributed by atoms with Gasteiger partial charge < -0.3 is 0 Å². The molecule has 114 valence electrons. The van der Waals surface area contributed by atoms with Gasteiger partial charge in [0.2, 0.25) is 0 Å². The summed E-state index contributed by atoms with van der Waals surface area (Å²) in [5.74, 6) is 0. The van der Waals surface area contributed by atoms with Gasteiger partial charge in [-0.1, -0.05) is 79.5 Å². The Labute approximate surface area is 135 Å².